The molecule has 1 aromatic carbocycles. The molecule has 16 heavy (non-hydrogen) atoms. The second-order valence-electron chi connectivity index (χ2n) is 3.53. The van der Waals surface area contributed by atoms with Gasteiger partial charge in [0.05, 0.1) is 0 Å². The summed E-state index contributed by atoms with van der Waals surface area (Å²) in [5.74, 6) is 0.315. The zero-order valence-corrected chi connectivity index (χ0v) is 9.62. The minimum atomic E-state index is -0.350. The molecule has 0 aliphatic heterocycles. The van der Waals surface area contributed by atoms with Crippen LogP contribution in [0.25, 0.3) is 11.5 Å². The maximum absolute atomic E-state index is 13.3. The number of halogens is 2. The first-order valence-electron chi connectivity index (χ1n) is 4.82. The van der Waals surface area contributed by atoms with Crippen LogP contribution >= 0.6 is 11.6 Å². The minimum Gasteiger partial charge on any atom is -0.419 e. The third-order valence-corrected chi connectivity index (χ3v) is 2.39. The summed E-state index contributed by atoms with van der Waals surface area (Å²) in [6, 6.07) is 4.76. The van der Waals surface area contributed by atoms with E-state index in [0.717, 1.165) is 0 Å². The molecule has 0 bridgehead atoms. The van der Waals surface area contributed by atoms with Crippen molar-refractivity contribution in [3.8, 4) is 11.5 Å². The minimum absolute atomic E-state index is 0.279. The van der Waals surface area contributed by atoms with Crippen LogP contribution in [-0.4, -0.2) is 10.2 Å². The molecule has 1 atom stereocenters. The quantitative estimate of drug-likeness (QED) is 0.755. The van der Waals surface area contributed by atoms with E-state index >= 15 is 0 Å². The fourth-order valence-corrected chi connectivity index (χ4v) is 1.33. The molecule has 0 radical (unpaired) electrons. The lowest BCUT2D eigenvalue weighted by molar-refractivity contribution is 0.506. The lowest BCUT2D eigenvalue weighted by Gasteiger charge is -1.98. The van der Waals surface area contributed by atoms with E-state index in [2.05, 4.69) is 10.2 Å². The Bertz CT molecular complexity index is 510. The Morgan fingerprint density at radius 3 is 2.69 bits per heavy atom. The number of hydrogen-bond acceptors (Lipinski definition) is 3. The van der Waals surface area contributed by atoms with Crippen molar-refractivity contribution in [1.82, 2.24) is 10.2 Å². The number of hydrogen-bond donors (Lipinski definition) is 0. The molecule has 3 nitrogen and oxygen atoms in total. The van der Waals surface area contributed by atoms with Gasteiger partial charge in [0.15, 0.2) is 0 Å². The monoisotopic (exact) mass is 240 g/mol. The van der Waals surface area contributed by atoms with Gasteiger partial charge in [-0.1, -0.05) is 6.07 Å². The Hall–Kier alpha value is -1.42. The summed E-state index contributed by atoms with van der Waals surface area (Å²) >= 11 is 5.79. The number of alkyl halides is 1. The highest BCUT2D eigenvalue weighted by atomic mass is 35.5. The van der Waals surface area contributed by atoms with E-state index in [0.29, 0.717) is 17.0 Å². The van der Waals surface area contributed by atoms with E-state index in [1.54, 1.807) is 26.0 Å². The van der Waals surface area contributed by atoms with Crippen molar-refractivity contribution in [2.75, 3.05) is 0 Å². The molecule has 1 heterocycles. The molecule has 5 heteroatoms. The fraction of sp³-hybridized carbons (Fsp3) is 0.273. The van der Waals surface area contributed by atoms with Crippen LogP contribution in [0.1, 0.15) is 23.8 Å². The number of aromatic nitrogens is 2. The van der Waals surface area contributed by atoms with Crippen molar-refractivity contribution in [3.05, 3.63) is 35.5 Å². The van der Waals surface area contributed by atoms with Gasteiger partial charge in [-0.05, 0) is 31.5 Å². The molecule has 2 rings (SSSR count). The molecule has 2 aromatic rings. The van der Waals surface area contributed by atoms with Crippen molar-refractivity contribution in [2.24, 2.45) is 0 Å². The zero-order chi connectivity index (χ0) is 11.7. The summed E-state index contributed by atoms with van der Waals surface area (Å²) < 4.78 is 18.6. The Morgan fingerprint density at radius 2 is 2.12 bits per heavy atom. The molecule has 1 aromatic heterocycles. The van der Waals surface area contributed by atoms with Gasteiger partial charge in [-0.2, -0.15) is 0 Å². The first-order chi connectivity index (χ1) is 7.58. The highest BCUT2D eigenvalue weighted by Gasteiger charge is 2.13. The molecule has 0 amide bonds. The molecule has 0 spiro atoms. The van der Waals surface area contributed by atoms with E-state index in [-0.39, 0.29) is 17.1 Å². The van der Waals surface area contributed by atoms with Crippen molar-refractivity contribution >= 4 is 11.6 Å². The van der Waals surface area contributed by atoms with Crippen LogP contribution in [0.4, 0.5) is 4.39 Å². The van der Waals surface area contributed by atoms with Crippen molar-refractivity contribution in [2.45, 2.75) is 19.2 Å². The SMILES string of the molecule is Cc1ccc(-c2nnc(C(C)Cl)o2)cc1F. The first-order valence-corrected chi connectivity index (χ1v) is 5.25. The normalized spacial score (nSPS) is 12.8. The molecule has 0 saturated heterocycles. The van der Waals surface area contributed by atoms with Crippen LogP contribution in [-0.2, 0) is 0 Å². The van der Waals surface area contributed by atoms with Gasteiger partial charge >= 0.3 is 0 Å². The van der Waals surface area contributed by atoms with Crippen molar-refractivity contribution < 1.29 is 8.81 Å². The van der Waals surface area contributed by atoms with Gasteiger partial charge < -0.3 is 4.42 Å². The predicted molar refractivity (Wildman–Crippen MR) is 58.7 cm³/mol. The summed E-state index contributed by atoms with van der Waals surface area (Å²) in [6.07, 6.45) is 0. The molecular formula is C11H10ClFN2O. The molecular weight excluding hydrogens is 231 g/mol. The topological polar surface area (TPSA) is 38.9 Å². The smallest absolute Gasteiger partial charge is 0.247 e. The third-order valence-electron chi connectivity index (χ3n) is 2.20. The maximum atomic E-state index is 13.3. The van der Waals surface area contributed by atoms with Crippen LogP contribution in [0.15, 0.2) is 22.6 Å². The number of benzene rings is 1. The van der Waals surface area contributed by atoms with Gasteiger partial charge in [0.25, 0.3) is 0 Å². The molecule has 0 aliphatic rings. The molecule has 0 fully saturated rings. The third kappa shape index (κ3) is 2.07. The average molecular weight is 241 g/mol. The highest BCUT2D eigenvalue weighted by molar-refractivity contribution is 6.20. The van der Waals surface area contributed by atoms with Gasteiger partial charge in [0, 0.05) is 5.56 Å². The fourth-order valence-electron chi connectivity index (χ4n) is 1.24. The number of aryl methyl sites for hydroxylation is 1. The molecule has 0 aliphatic carbocycles. The van der Waals surface area contributed by atoms with Crippen molar-refractivity contribution in [1.29, 1.82) is 0 Å². The predicted octanol–water partition coefficient (Wildman–Crippen LogP) is 3.48. The number of nitrogens with zero attached hydrogens (tertiary/aromatic N) is 2. The van der Waals surface area contributed by atoms with E-state index in [9.17, 15) is 4.39 Å². The Morgan fingerprint density at radius 1 is 1.38 bits per heavy atom. The lowest BCUT2D eigenvalue weighted by atomic mass is 10.1. The van der Waals surface area contributed by atoms with Crippen LogP contribution in [0, 0.1) is 12.7 Å². The number of rotatable bonds is 2. The second kappa shape index (κ2) is 4.22. The molecule has 0 saturated carbocycles. The van der Waals surface area contributed by atoms with Crippen LogP contribution in [0.5, 0.6) is 0 Å². The Balaban J connectivity index is 2.39. The Kier molecular flexibility index (Phi) is 2.92. The lowest BCUT2D eigenvalue weighted by Crippen LogP contribution is -1.84. The first kappa shape index (κ1) is 11.1. The van der Waals surface area contributed by atoms with Crippen LogP contribution in [0.2, 0.25) is 0 Å². The highest BCUT2D eigenvalue weighted by Crippen LogP contribution is 2.24. The van der Waals surface area contributed by atoms with Gasteiger partial charge in [-0.15, -0.1) is 21.8 Å². The van der Waals surface area contributed by atoms with Gasteiger partial charge in [0.2, 0.25) is 11.8 Å². The average Bonchev–Trinajstić information content (AvgIpc) is 2.71. The molecule has 84 valence electrons. The standard InChI is InChI=1S/C11H10ClFN2O/c1-6-3-4-8(5-9(6)13)11-15-14-10(16-11)7(2)12/h3-5,7H,1-2H3. The van der Waals surface area contributed by atoms with E-state index in [4.69, 9.17) is 16.0 Å². The van der Waals surface area contributed by atoms with Gasteiger partial charge in [0.1, 0.15) is 11.2 Å². The van der Waals surface area contributed by atoms with Gasteiger partial charge in [-0.25, -0.2) is 4.39 Å². The summed E-state index contributed by atoms with van der Waals surface area (Å²) in [5, 5.41) is 7.23. The molecule has 0 N–H and O–H groups in total. The van der Waals surface area contributed by atoms with Crippen LogP contribution in [0.3, 0.4) is 0 Å². The van der Waals surface area contributed by atoms with Crippen LogP contribution < -0.4 is 0 Å². The summed E-state index contributed by atoms with van der Waals surface area (Å²) in [6.45, 7) is 3.42. The van der Waals surface area contributed by atoms with E-state index in [1.165, 1.54) is 6.07 Å². The summed E-state index contributed by atoms with van der Waals surface area (Å²) in [7, 11) is 0. The van der Waals surface area contributed by atoms with Crippen molar-refractivity contribution in [3.63, 3.8) is 0 Å². The maximum Gasteiger partial charge on any atom is 0.247 e. The van der Waals surface area contributed by atoms with E-state index < -0.39 is 0 Å². The Labute approximate surface area is 97.3 Å². The largest absolute Gasteiger partial charge is 0.419 e. The summed E-state index contributed by atoms with van der Waals surface area (Å²) in [5.41, 5.74) is 1.13. The van der Waals surface area contributed by atoms with Gasteiger partial charge in [-0.3, -0.25) is 0 Å². The molecule has 1 unspecified atom stereocenters. The zero-order valence-electron chi connectivity index (χ0n) is 8.87. The summed E-state index contributed by atoms with van der Waals surface area (Å²) in [4.78, 5) is 0. The van der Waals surface area contributed by atoms with E-state index in [1.807, 2.05) is 0 Å². The second-order valence-corrected chi connectivity index (χ2v) is 4.18.